The number of hydrogen-bond donors (Lipinski definition) is 2. The number of nitrogens with one attached hydrogen (secondary N) is 1. The molecule has 0 aliphatic heterocycles. The SMILES string of the molecule is COc1cc(C(=O)NCc2cccnc2)ccc1N. The molecule has 19 heavy (non-hydrogen) atoms. The number of rotatable bonds is 4. The molecule has 2 rings (SSSR count). The molecule has 98 valence electrons. The van der Waals surface area contributed by atoms with Crippen LogP contribution in [0, 0.1) is 0 Å². The number of aromatic nitrogens is 1. The normalized spacial score (nSPS) is 9.95. The summed E-state index contributed by atoms with van der Waals surface area (Å²) in [5.74, 6) is 0.316. The lowest BCUT2D eigenvalue weighted by Gasteiger charge is -2.08. The van der Waals surface area contributed by atoms with Gasteiger partial charge in [-0.25, -0.2) is 0 Å². The number of amides is 1. The Labute approximate surface area is 111 Å². The van der Waals surface area contributed by atoms with Crippen molar-refractivity contribution in [2.75, 3.05) is 12.8 Å². The number of nitrogen functional groups attached to an aromatic ring is 1. The fourth-order valence-electron chi connectivity index (χ4n) is 1.64. The zero-order valence-corrected chi connectivity index (χ0v) is 10.6. The molecule has 0 atom stereocenters. The van der Waals surface area contributed by atoms with E-state index in [4.69, 9.17) is 10.5 Å². The lowest BCUT2D eigenvalue weighted by Crippen LogP contribution is -2.22. The first-order chi connectivity index (χ1) is 9.20. The summed E-state index contributed by atoms with van der Waals surface area (Å²) >= 11 is 0. The van der Waals surface area contributed by atoms with Gasteiger partial charge in [0, 0.05) is 24.5 Å². The number of carbonyl (C=O) groups is 1. The van der Waals surface area contributed by atoms with Crippen LogP contribution in [0.4, 0.5) is 5.69 Å². The molecule has 0 saturated carbocycles. The molecule has 1 heterocycles. The van der Waals surface area contributed by atoms with E-state index in [1.165, 1.54) is 7.11 Å². The molecule has 0 aliphatic carbocycles. The van der Waals surface area contributed by atoms with Crippen molar-refractivity contribution in [1.82, 2.24) is 10.3 Å². The molecule has 1 amide bonds. The lowest BCUT2D eigenvalue weighted by molar-refractivity contribution is 0.0950. The summed E-state index contributed by atoms with van der Waals surface area (Å²) in [6.45, 7) is 0.430. The highest BCUT2D eigenvalue weighted by molar-refractivity contribution is 5.95. The molecule has 0 unspecified atom stereocenters. The highest BCUT2D eigenvalue weighted by Crippen LogP contribution is 2.22. The Morgan fingerprint density at radius 3 is 2.95 bits per heavy atom. The van der Waals surface area contributed by atoms with Crippen molar-refractivity contribution in [3.8, 4) is 5.75 Å². The monoisotopic (exact) mass is 257 g/mol. The van der Waals surface area contributed by atoms with E-state index in [1.54, 1.807) is 30.6 Å². The van der Waals surface area contributed by atoms with Gasteiger partial charge in [-0.05, 0) is 29.8 Å². The first-order valence-electron chi connectivity index (χ1n) is 5.81. The fraction of sp³-hybridized carbons (Fsp3) is 0.143. The van der Waals surface area contributed by atoms with Crippen LogP contribution in [-0.4, -0.2) is 18.0 Å². The molecule has 1 aromatic heterocycles. The molecular weight excluding hydrogens is 242 g/mol. The minimum Gasteiger partial charge on any atom is -0.495 e. The standard InChI is InChI=1S/C14H15N3O2/c1-19-13-7-11(4-5-12(13)15)14(18)17-9-10-3-2-6-16-8-10/h2-8H,9,15H2,1H3,(H,17,18). The molecule has 5 heteroatoms. The second kappa shape index (κ2) is 5.86. The lowest BCUT2D eigenvalue weighted by atomic mass is 10.1. The molecule has 0 saturated heterocycles. The van der Waals surface area contributed by atoms with Gasteiger partial charge in [0.25, 0.3) is 5.91 Å². The van der Waals surface area contributed by atoms with Gasteiger partial charge in [0.05, 0.1) is 12.8 Å². The number of carbonyl (C=O) groups excluding carboxylic acids is 1. The number of anilines is 1. The van der Waals surface area contributed by atoms with Gasteiger partial charge >= 0.3 is 0 Å². The number of ether oxygens (including phenoxy) is 1. The van der Waals surface area contributed by atoms with Crippen LogP contribution in [0.15, 0.2) is 42.7 Å². The zero-order chi connectivity index (χ0) is 13.7. The van der Waals surface area contributed by atoms with E-state index >= 15 is 0 Å². The van der Waals surface area contributed by atoms with Crippen molar-refractivity contribution in [3.05, 3.63) is 53.9 Å². The zero-order valence-electron chi connectivity index (χ0n) is 10.6. The summed E-state index contributed by atoms with van der Waals surface area (Å²) in [5.41, 5.74) is 7.66. The van der Waals surface area contributed by atoms with Crippen molar-refractivity contribution in [2.24, 2.45) is 0 Å². The molecule has 0 aliphatic rings. The quantitative estimate of drug-likeness (QED) is 0.816. The average Bonchev–Trinajstić information content (AvgIpc) is 2.46. The van der Waals surface area contributed by atoms with Crippen LogP contribution in [0.3, 0.4) is 0 Å². The van der Waals surface area contributed by atoms with Crippen molar-refractivity contribution in [2.45, 2.75) is 6.54 Å². The Morgan fingerprint density at radius 1 is 1.42 bits per heavy atom. The van der Waals surface area contributed by atoms with Crippen molar-refractivity contribution in [3.63, 3.8) is 0 Å². The Morgan fingerprint density at radius 2 is 2.26 bits per heavy atom. The molecule has 0 bridgehead atoms. The summed E-state index contributed by atoms with van der Waals surface area (Å²) in [5, 5.41) is 2.81. The summed E-state index contributed by atoms with van der Waals surface area (Å²) in [4.78, 5) is 16.0. The number of pyridine rings is 1. The predicted octanol–water partition coefficient (Wildman–Crippen LogP) is 1.60. The van der Waals surface area contributed by atoms with Crippen LogP contribution in [-0.2, 0) is 6.54 Å². The smallest absolute Gasteiger partial charge is 0.251 e. The van der Waals surface area contributed by atoms with Crippen molar-refractivity contribution >= 4 is 11.6 Å². The van der Waals surface area contributed by atoms with Gasteiger partial charge in [-0.1, -0.05) is 6.07 Å². The maximum absolute atomic E-state index is 12.0. The van der Waals surface area contributed by atoms with Crippen LogP contribution >= 0.6 is 0 Å². The molecule has 1 aromatic carbocycles. The summed E-state index contributed by atoms with van der Waals surface area (Å²) < 4.78 is 5.08. The van der Waals surface area contributed by atoms with Crippen LogP contribution in [0.1, 0.15) is 15.9 Å². The highest BCUT2D eigenvalue weighted by atomic mass is 16.5. The van der Waals surface area contributed by atoms with Crippen LogP contribution in [0.25, 0.3) is 0 Å². The Bertz CT molecular complexity index is 570. The number of methoxy groups -OCH3 is 1. The molecule has 0 spiro atoms. The minimum absolute atomic E-state index is 0.179. The maximum atomic E-state index is 12.0. The predicted molar refractivity (Wildman–Crippen MR) is 72.8 cm³/mol. The third-order valence-corrected chi connectivity index (χ3v) is 2.67. The van der Waals surface area contributed by atoms with Gasteiger partial charge in [0.15, 0.2) is 0 Å². The van der Waals surface area contributed by atoms with E-state index in [-0.39, 0.29) is 5.91 Å². The second-order valence-corrected chi connectivity index (χ2v) is 4.00. The maximum Gasteiger partial charge on any atom is 0.251 e. The Balaban J connectivity index is 2.04. The molecule has 5 nitrogen and oxygen atoms in total. The topological polar surface area (TPSA) is 77.2 Å². The first-order valence-corrected chi connectivity index (χ1v) is 5.81. The third-order valence-electron chi connectivity index (χ3n) is 2.67. The van der Waals surface area contributed by atoms with Crippen LogP contribution in [0.5, 0.6) is 5.75 Å². The first kappa shape index (κ1) is 12.9. The number of benzene rings is 1. The van der Waals surface area contributed by atoms with Gasteiger partial charge in [0.2, 0.25) is 0 Å². The third kappa shape index (κ3) is 3.22. The van der Waals surface area contributed by atoms with Crippen molar-refractivity contribution in [1.29, 1.82) is 0 Å². The van der Waals surface area contributed by atoms with E-state index in [0.717, 1.165) is 5.56 Å². The van der Waals surface area contributed by atoms with Crippen LogP contribution < -0.4 is 15.8 Å². The highest BCUT2D eigenvalue weighted by Gasteiger charge is 2.08. The van der Waals surface area contributed by atoms with E-state index in [1.807, 2.05) is 12.1 Å². The average molecular weight is 257 g/mol. The molecule has 3 N–H and O–H groups in total. The second-order valence-electron chi connectivity index (χ2n) is 4.00. The largest absolute Gasteiger partial charge is 0.495 e. The van der Waals surface area contributed by atoms with Gasteiger partial charge in [-0.15, -0.1) is 0 Å². The van der Waals surface area contributed by atoms with Crippen molar-refractivity contribution < 1.29 is 9.53 Å². The van der Waals surface area contributed by atoms with E-state index in [2.05, 4.69) is 10.3 Å². The molecule has 0 radical (unpaired) electrons. The summed E-state index contributed by atoms with van der Waals surface area (Å²) in [6.07, 6.45) is 3.40. The molecule has 2 aromatic rings. The van der Waals surface area contributed by atoms with Crippen LogP contribution in [0.2, 0.25) is 0 Å². The van der Waals surface area contributed by atoms with Gasteiger partial charge < -0.3 is 15.8 Å². The van der Waals surface area contributed by atoms with Gasteiger partial charge in [-0.2, -0.15) is 0 Å². The van der Waals surface area contributed by atoms with E-state index in [0.29, 0.717) is 23.5 Å². The minimum atomic E-state index is -0.179. The molecular formula is C14H15N3O2. The molecule has 0 fully saturated rings. The Kier molecular flexibility index (Phi) is 3.97. The number of nitrogens with two attached hydrogens (primary N) is 1. The summed E-state index contributed by atoms with van der Waals surface area (Å²) in [6, 6.07) is 8.66. The fourth-order valence-corrected chi connectivity index (χ4v) is 1.64. The number of nitrogens with zero attached hydrogens (tertiary/aromatic N) is 1. The van der Waals surface area contributed by atoms with E-state index in [9.17, 15) is 4.79 Å². The Hall–Kier alpha value is -2.56. The van der Waals surface area contributed by atoms with Gasteiger partial charge in [-0.3, -0.25) is 9.78 Å². The van der Waals surface area contributed by atoms with Gasteiger partial charge in [0.1, 0.15) is 5.75 Å². The van der Waals surface area contributed by atoms with E-state index < -0.39 is 0 Å². The summed E-state index contributed by atoms with van der Waals surface area (Å²) in [7, 11) is 1.52. The number of hydrogen-bond acceptors (Lipinski definition) is 4.